The van der Waals surface area contributed by atoms with Crippen molar-refractivity contribution in [2.24, 2.45) is 0 Å². The Morgan fingerprint density at radius 3 is 2.54 bits per heavy atom. The number of nitrogens with zero attached hydrogens (tertiary/aromatic N) is 2. The number of rotatable bonds is 4. The highest BCUT2D eigenvalue weighted by Gasteiger charge is 2.30. The second kappa shape index (κ2) is 6.65. The molecule has 0 aliphatic heterocycles. The topological polar surface area (TPSA) is 45.8 Å². The summed E-state index contributed by atoms with van der Waals surface area (Å²) in [5, 5.41) is 11.1. The molecule has 0 fully saturated rings. The number of halogens is 3. The molecule has 7 heteroatoms. The van der Waals surface area contributed by atoms with Crippen molar-refractivity contribution >= 4 is 23.2 Å². The third-order valence-corrected chi connectivity index (χ3v) is 4.66. The Kier molecular flexibility index (Phi) is 4.99. The van der Waals surface area contributed by atoms with Gasteiger partial charge in [0.05, 0.1) is 0 Å². The predicted molar refractivity (Wildman–Crippen MR) is 86.9 cm³/mol. The maximum absolute atomic E-state index is 12.7. The molecule has 2 aromatic heterocycles. The van der Waals surface area contributed by atoms with Gasteiger partial charge in [-0.25, -0.2) is 0 Å². The predicted octanol–water partition coefficient (Wildman–Crippen LogP) is 4.83. The van der Waals surface area contributed by atoms with Gasteiger partial charge < -0.3 is 4.57 Å². The molecule has 0 unspecified atom stereocenters. The molecule has 0 radical (unpaired) electrons. The number of aryl methyl sites for hydroxylation is 2. The lowest BCUT2D eigenvalue weighted by Gasteiger charge is -2.12. The van der Waals surface area contributed by atoms with Gasteiger partial charge in [-0.1, -0.05) is 0 Å². The summed E-state index contributed by atoms with van der Waals surface area (Å²) in [6.45, 7) is 3.66. The van der Waals surface area contributed by atoms with Crippen molar-refractivity contribution < 1.29 is 18.0 Å². The van der Waals surface area contributed by atoms with E-state index in [4.69, 9.17) is 0 Å². The Morgan fingerprint density at radius 1 is 1.38 bits per heavy atom. The number of carbonyl (C=O) groups excluding carboxylic acids is 1. The van der Waals surface area contributed by atoms with Crippen LogP contribution >= 0.6 is 11.3 Å². The van der Waals surface area contributed by atoms with Gasteiger partial charge in [-0.2, -0.15) is 18.4 Å². The highest BCUT2D eigenvalue weighted by molar-refractivity contribution is 7.11. The standard InChI is InChI=1S/C17H15F3N2OS/c1-10-4-5-24-15(10)7-13(8-21)16(23)14-6-11(2)22(12(14)3)9-17(18,19)20/h4-7H,9H2,1-3H3/b13-7+. The summed E-state index contributed by atoms with van der Waals surface area (Å²) in [6.07, 6.45) is -2.89. The fraction of sp³-hybridized carbons (Fsp3) is 0.294. The van der Waals surface area contributed by atoms with Crippen LogP contribution in [0.1, 0.15) is 32.2 Å². The van der Waals surface area contributed by atoms with Crippen LogP contribution in [0.4, 0.5) is 13.2 Å². The lowest BCUT2D eigenvalue weighted by atomic mass is 10.0. The molecule has 0 aliphatic rings. The number of hydrogen-bond donors (Lipinski definition) is 0. The first kappa shape index (κ1) is 18.0. The van der Waals surface area contributed by atoms with Crippen molar-refractivity contribution in [3.05, 3.63) is 50.5 Å². The molecular formula is C17H15F3N2OS. The van der Waals surface area contributed by atoms with Crippen molar-refractivity contribution in [2.45, 2.75) is 33.5 Å². The van der Waals surface area contributed by atoms with Crippen LogP contribution < -0.4 is 0 Å². The van der Waals surface area contributed by atoms with Gasteiger partial charge in [0.15, 0.2) is 0 Å². The number of thiophene rings is 1. The maximum atomic E-state index is 12.7. The molecule has 126 valence electrons. The summed E-state index contributed by atoms with van der Waals surface area (Å²) in [4.78, 5) is 13.4. The Bertz CT molecular complexity index is 850. The van der Waals surface area contributed by atoms with Crippen LogP contribution in [0.5, 0.6) is 0 Å². The van der Waals surface area contributed by atoms with Crippen LogP contribution in [0.3, 0.4) is 0 Å². The van der Waals surface area contributed by atoms with E-state index in [9.17, 15) is 23.2 Å². The summed E-state index contributed by atoms with van der Waals surface area (Å²) in [5.74, 6) is -0.563. The monoisotopic (exact) mass is 352 g/mol. The van der Waals surface area contributed by atoms with Gasteiger partial charge in [0.1, 0.15) is 18.2 Å². The molecule has 0 aromatic carbocycles. The number of allylic oxidation sites excluding steroid dienone is 1. The SMILES string of the molecule is Cc1ccsc1/C=C(\C#N)C(=O)c1cc(C)n(CC(F)(F)F)c1C. The highest BCUT2D eigenvalue weighted by atomic mass is 32.1. The smallest absolute Gasteiger partial charge is 0.339 e. The molecule has 0 aliphatic carbocycles. The molecular weight excluding hydrogens is 337 g/mol. The third kappa shape index (κ3) is 3.77. The third-order valence-electron chi connectivity index (χ3n) is 3.70. The summed E-state index contributed by atoms with van der Waals surface area (Å²) >= 11 is 1.39. The van der Waals surface area contributed by atoms with E-state index in [1.165, 1.54) is 37.3 Å². The molecule has 2 aromatic rings. The number of alkyl halides is 3. The summed E-state index contributed by atoms with van der Waals surface area (Å²) in [7, 11) is 0. The van der Waals surface area contributed by atoms with Crippen LogP contribution in [0.2, 0.25) is 0 Å². The zero-order valence-corrected chi connectivity index (χ0v) is 14.2. The van der Waals surface area contributed by atoms with E-state index in [2.05, 4.69) is 0 Å². The number of ketones is 1. The summed E-state index contributed by atoms with van der Waals surface area (Å²) < 4.78 is 39.0. The fourth-order valence-electron chi connectivity index (χ4n) is 2.41. The van der Waals surface area contributed by atoms with Crippen LogP contribution in [0, 0.1) is 32.1 Å². The van der Waals surface area contributed by atoms with Crippen LogP contribution in [-0.2, 0) is 6.54 Å². The van der Waals surface area contributed by atoms with Crippen LogP contribution in [-0.4, -0.2) is 16.5 Å². The molecule has 0 saturated heterocycles. The van der Waals surface area contributed by atoms with E-state index in [0.29, 0.717) is 5.69 Å². The van der Waals surface area contributed by atoms with E-state index in [1.54, 1.807) is 0 Å². The largest absolute Gasteiger partial charge is 0.406 e. The average molecular weight is 352 g/mol. The molecule has 3 nitrogen and oxygen atoms in total. The fourth-order valence-corrected chi connectivity index (χ4v) is 3.27. The van der Waals surface area contributed by atoms with Crippen molar-refractivity contribution in [1.82, 2.24) is 4.57 Å². The summed E-state index contributed by atoms with van der Waals surface area (Å²) in [6, 6.07) is 5.12. The van der Waals surface area contributed by atoms with E-state index in [-0.39, 0.29) is 16.8 Å². The highest BCUT2D eigenvalue weighted by Crippen LogP contribution is 2.26. The van der Waals surface area contributed by atoms with Gasteiger partial charge in [0.25, 0.3) is 0 Å². The van der Waals surface area contributed by atoms with Gasteiger partial charge in [-0.05, 0) is 49.9 Å². The van der Waals surface area contributed by atoms with E-state index >= 15 is 0 Å². The minimum atomic E-state index is -4.38. The quantitative estimate of drug-likeness (QED) is 0.450. The molecule has 2 rings (SSSR count). The van der Waals surface area contributed by atoms with Crippen LogP contribution in [0.15, 0.2) is 23.1 Å². The lowest BCUT2D eigenvalue weighted by Crippen LogP contribution is -2.19. The molecule has 0 bridgehead atoms. The van der Waals surface area contributed by atoms with Gasteiger partial charge >= 0.3 is 6.18 Å². The van der Waals surface area contributed by atoms with Gasteiger partial charge in [0, 0.05) is 21.8 Å². The first-order valence-electron chi connectivity index (χ1n) is 7.08. The second-order valence-electron chi connectivity index (χ2n) is 5.45. The minimum absolute atomic E-state index is 0.0900. The van der Waals surface area contributed by atoms with E-state index in [0.717, 1.165) is 15.0 Å². The van der Waals surface area contributed by atoms with Crippen molar-refractivity contribution in [3.63, 3.8) is 0 Å². The molecule has 0 saturated carbocycles. The Morgan fingerprint density at radius 2 is 2.04 bits per heavy atom. The van der Waals surface area contributed by atoms with Crippen LogP contribution in [0.25, 0.3) is 6.08 Å². The van der Waals surface area contributed by atoms with Crippen molar-refractivity contribution in [2.75, 3.05) is 0 Å². The van der Waals surface area contributed by atoms with Crippen molar-refractivity contribution in [3.8, 4) is 6.07 Å². The Hall–Kier alpha value is -2.33. The van der Waals surface area contributed by atoms with Gasteiger partial charge in [-0.15, -0.1) is 11.3 Å². The molecule has 0 spiro atoms. The molecule has 0 amide bonds. The minimum Gasteiger partial charge on any atom is -0.339 e. The van der Waals surface area contributed by atoms with Gasteiger partial charge in [-0.3, -0.25) is 4.79 Å². The molecule has 0 atom stereocenters. The molecule has 24 heavy (non-hydrogen) atoms. The second-order valence-corrected chi connectivity index (χ2v) is 6.40. The number of Topliss-reactive ketones (excluding diaryl/α,β-unsaturated/α-hetero) is 1. The zero-order chi connectivity index (χ0) is 18.1. The van der Waals surface area contributed by atoms with E-state index < -0.39 is 18.5 Å². The first-order valence-corrected chi connectivity index (χ1v) is 7.96. The molecule has 0 N–H and O–H groups in total. The number of aromatic nitrogens is 1. The normalized spacial score (nSPS) is 12.3. The number of hydrogen-bond acceptors (Lipinski definition) is 3. The van der Waals surface area contributed by atoms with Gasteiger partial charge in [0.2, 0.25) is 5.78 Å². The lowest BCUT2D eigenvalue weighted by molar-refractivity contribution is -0.141. The number of nitriles is 1. The van der Waals surface area contributed by atoms with Crippen molar-refractivity contribution in [1.29, 1.82) is 5.26 Å². The summed E-state index contributed by atoms with van der Waals surface area (Å²) in [5.41, 5.74) is 1.51. The maximum Gasteiger partial charge on any atom is 0.406 e. The Balaban J connectivity index is 2.43. The molecule has 2 heterocycles. The first-order chi connectivity index (χ1) is 11.1. The van der Waals surface area contributed by atoms with E-state index in [1.807, 2.05) is 24.4 Å². The average Bonchev–Trinajstić information content (AvgIpc) is 3.01. The number of carbonyl (C=O) groups is 1. The zero-order valence-electron chi connectivity index (χ0n) is 13.4. The Labute approximate surface area is 141 Å².